The van der Waals surface area contributed by atoms with Gasteiger partial charge in [0, 0.05) is 6.07 Å². The van der Waals surface area contributed by atoms with E-state index in [0.29, 0.717) is 6.54 Å². The van der Waals surface area contributed by atoms with Crippen LogP contribution in [0, 0.1) is 0 Å². The van der Waals surface area contributed by atoms with E-state index in [0.717, 1.165) is 30.8 Å². The molecule has 1 unspecified atom stereocenters. The molecule has 0 saturated heterocycles. The van der Waals surface area contributed by atoms with E-state index in [9.17, 15) is 0 Å². The van der Waals surface area contributed by atoms with Gasteiger partial charge in [-0.25, -0.2) is 0 Å². The molecule has 0 amide bonds. The Morgan fingerprint density at radius 1 is 1.53 bits per heavy atom. The molecule has 1 atom stereocenters. The fourth-order valence-corrected chi connectivity index (χ4v) is 1.92. The van der Waals surface area contributed by atoms with E-state index in [1.807, 2.05) is 12.1 Å². The Morgan fingerprint density at radius 2 is 2.40 bits per heavy atom. The molecule has 1 aromatic rings. The standard InChI is InChI=1S/C12H17NO2/c1-14-11-5-3-9-2-4-10(6-7-13)15-12(9)8-11/h3,5,8,10H,2,4,6-7,13H2,1H3. The molecule has 1 aliphatic rings. The van der Waals surface area contributed by atoms with Crippen molar-refractivity contribution in [3.8, 4) is 11.5 Å². The van der Waals surface area contributed by atoms with E-state index < -0.39 is 0 Å². The SMILES string of the molecule is COc1ccc2c(c1)OC(CCN)CC2. The molecule has 3 nitrogen and oxygen atoms in total. The van der Waals surface area contributed by atoms with Crippen molar-refractivity contribution >= 4 is 0 Å². The molecule has 0 radical (unpaired) electrons. The first-order valence-corrected chi connectivity index (χ1v) is 5.37. The molecule has 0 aliphatic carbocycles. The van der Waals surface area contributed by atoms with Crippen LogP contribution in [-0.2, 0) is 6.42 Å². The van der Waals surface area contributed by atoms with Crippen molar-refractivity contribution in [2.75, 3.05) is 13.7 Å². The van der Waals surface area contributed by atoms with Crippen LogP contribution in [0.3, 0.4) is 0 Å². The van der Waals surface area contributed by atoms with Crippen LogP contribution in [0.4, 0.5) is 0 Å². The first kappa shape index (κ1) is 10.3. The maximum Gasteiger partial charge on any atom is 0.126 e. The number of nitrogens with two attached hydrogens (primary N) is 1. The van der Waals surface area contributed by atoms with Crippen molar-refractivity contribution in [1.29, 1.82) is 0 Å². The number of ether oxygens (including phenoxy) is 2. The highest BCUT2D eigenvalue weighted by Crippen LogP contribution is 2.31. The summed E-state index contributed by atoms with van der Waals surface area (Å²) >= 11 is 0. The summed E-state index contributed by atoms with van der Waals surface area (Å²) in [4.78, 5) is 0. The average Bonchev–Trinajstić information content (AvgIpc) is 2.28. The first-order valence-electron chi connectivity index (χ1n) is 5.37. The highest BCUT2D eigenvalue weighted by atomic mass is 16.5. The van der Waals surface area contributed by atoms with Crippen LogP contribution in [-0.4, -0.2) is 19.8 Å². The second-order valence-electron chi connectivity index (χ2n) is 3.83. The van der Waals surface area contributed by atoms with Crippen LogP contribution < -0.4 is 15.2 Å². The molecule has 2 rings (SSSR count). The van der Waals surface area contributed by atoms with Gasteiger partial charge in [0.2, 0.25) is 0 Å². The first-order chi connectivity index (χ1) is 7.33. The van der Waals surface area contributed by atoms with Gasteiger partial charge in [-0.2, -0.15) is 0 Å². The summed E-state index contributed by atoms with van der Waals surface area (Å²) in [5.74, 6) is 1.81. The predicted molar refractivity (Wildman–Crippen MR) is 59.4 cm³/mol. The summed E-state index contributed by atoms with van der Waals surface area (Å²) in [6.45, 7) is 0.684. The van der Waals surface area contributed by atoms with Gasteiger partial charge in [0.1, 0.15) is 17.6 Å². The Balaban J connectivity index is 2.16. The predicted octanol–water partition coefficient (Wildman–Crippen LogP) is 1.74. The molecule has 0 aromatic heterocycles. The van der Waals surface area contributed by atoms with Crippen LogP contribution in [0.15, 0.2) is 18.2 Å². The lowest BCUT2D eigenvalue weighted by Gasteiger charge is -2.26. The van der Waals surface area contributed by atoms with Crippen LogP contribution in [0.1, 0.15) is 18.4 Å². The molecule has 0 fully saturated rings. The van der Waals surface area contributed by atoms with Gasteiger partial charge in [-0.1, -0.05) is 6.07 Å². The van der Waals surface area contributed by atoms with E-state index in [1.54, 1.807) is 7.11 Å². The van der Waals surface area contributed by atoms with Crippen LogP contribution in [0.25, 0.3) is 0 Å². The summed E-state index contributed by atoms with van der Waals surface area (Å²) in [6.07, 6.45) is 3.34. The molecule has 0 spiro atoms. The lowest BCUT2D eigenvalue weighted by Crippen LogP contribution is -2.25. The van der Waals surface area contributed by atoms with Crippen molar-refractivity contribution in [2.45, 2.75) is 25.4 Å². The minimum Gasteiger partial charge on any atom is -0.497 e. The number of methoxy groups -OCH3 is 1. The maximum atomic E-state index is 5.85. The van der Waals surface area contributed by atoms with Gasteiger partial charge in [-0.05, 0) is 37.4 Å². The smallest absolute Gasteiger partial charge is 0.126 e. The number of hydrogen-bond donors (Lipinski definition) is 1. The summed E-state index contributed by atoms with van der Waals surface area (Å²) in [6, 6.07) is 6.01. The summed E-state index contributed by atoms with van der Waals surface area (Å²) < 4.78 is 11.0. The van der Waals surface area contributed by atoms with Gasteiger partial charge >= 0.3 is 0 Å². The number of aryl methyl sites for hydroxylation is 1. The summed E-state index contributed by atoms with van der Waals surface area (Å²) in [5.41, 5.74) is 6.80. The lowest BCUT2D eigenvalue weighted by molar-refractivity contribution is 0.166. The lowest BCUT2D eigenvalue weighted by atomic mass is 10.0. The van der Waals surface area contributed by atoms with Crippen LogP contribution >= 0.6 is 0 Å². The van der Waals surface area contributed by atoms with E-state index >= 15 is 0 Å². The third-order valence-corrected chi connectivity index (χ3v) is 2.79. The van der Waals surface area contributed by atoms with Crippen molar-refractivity contribution in [3.05, 3.63) is 23.8 Å². The number of hydrogen-bond acceptors (Lipinski definition) is 3. The Morgan fingerprint density at radius 3 is 3.13 bits per heavy atom. The second kappa shape index (κ2) is 4.53. The molecule has 2 N–H and O–H groups in total. The molecule has 0 bridgehead atoms. The zero-order valence-corrected chi connectivity index (χ0v) is 9.03. The fourth-order valence-electron chi connectivity index (χ4n) is 1.92. The van der Waals surface area contributed by atoms with Crippen molar-refractivity contribution in [1.82, 2.24) is 0 Å². The van der Waals surface area contributed by atoms with E-state index in [1.165, 1.54) is 5.56 Å². The monoisotopic (exact) mass is 207 g/mol. The van der Waals surface area contributed by atoms with Gasteiger partial charge in [-0.3, -0.25) is 0 Å². The Bertz CT molecular complexity index is 338. The van der Waals surface area contributed by atoms with E-state index in [4.69, 9.17) is 15.2 Å². The number of fused-ring (bicyclic) bond motifs is 1. The zero-order chi connectivity index (χ0) is 10.7. The highest BCUT2D eigenvalue weighted by Gasteiger charge is 2.19. The minimum absolute atomic E-state index is 0.273. The van der Waals surface area contributed by atoms with E-state index in [-0.39, 0.29) is 6.10 Å². The Labute approximate surface area is 90.2 Å². The zero-order valence-electron chi connectivity index (χ0n) is 9.03. The molecule has 3 heteroatoms. The second-order valence-corrected chi connectivity index (χ2v) is 3.83. The number of benzene rings is 1. The van der Waals surface area contributed by atoms with Crippen molar-refractivity contribution < 1.29 is 9.47 Å². The molecule has 82 valence electrons. The minimum atomic E-state index is 0.273. The van der Waals surface area contributed by atoms with E-state index in [2.05, 4.69) is 6.07 Å². The van der Waals surface area contributed by atoms with Crippen molar-refractivity contribution in [3.63, 3.8) is 0 Å². The molecule has 1 heterocycles. The maximum absolute atomic E-state index is 5.85. The largest absolute Gasteiger partial charge is 0.497 e. The molecular weight excluding hydrogens is 190 g/mol. The van der Waals surface area contributed by atoms with Gasteiger partial charge in [0.05, 0.1) is 7.11 Å². The van der Waals surface area contributed by atoms with Gasteiger partial charge in [0.15, 0.2) is 0 Å². The fraction of sp³-hybridized carbons (Fsp3) is 0.500. The Hall–Kier alpha value is -1.22. The summed E-state index contributed by atoms with van der Waals surface area (Å²) in [5, 5.41) is 0. The molecule has 0 saturated carbocycles. The van der Waals surface area contributed by atoms with Gasteiger partial charge in [0.25, 0.3) is 0 Å². The Kier molecular flexibility index (Phi) is 3.11. The third-order valence-electron chi connectivity index (χ3n) is 2.79. The van der Waals surface area contributed by atoms with Gasteiger partial charge < -0.3 is 15.2 Å². The highest BCUT2D eigenvalue weighted by molar-refractivity contribution is 5.42. The quantitative estimate of drug-likeness (QED) is 0.821. The number of rotatable bonds is 3. The van der Waals surface area contributed by atoms with Crippen LogP contribution in [0.2, 0.25) is 0 Å². The van der Waals surface area contributed by atoms with Crippen LogP contribution in [0.5, 0.6) is 11.5 Å². The molecule has 1 aromatic carbocycles. The molecular formula is C12H17NO2. The topological polar surface area (TPSA) is 44.5 Å². The summed E-state index contributed by atoms with van der Waals surface area (Å²) in [7, 11) is 1.67. The van der Waals surface area contributed by atoms with Gasteiger partial charge in [-0.15, -0.1) is 0 Å². The van der Waals surface area contributed by atoms with Crippen molar-refractivity contribution in [2.24, 2.45) is 5.73 Å². The normalized spacial score (nSPS) is 19.2. The average molecular weight is 207 g/mol. The molecule has 1 aliphatic heterocycles. The third kappa shape index (κ3) is 2.23. The molecule has 15 heavy (non-hydrogen) atoms.